The van der Waals surface area contributed by atoms with Crippen LogP contribution < -0.4 is 14.2 Å². The number of carbonyl (C=O) groups excluding carboxylic acids is 1. The van der Waals surface area contributed by atoms with E-state index in [1.807, 2.05) is 42.2 Å². The molecule has 1 heterocycles. The Hall–Kier alpha value is -2.69. The van der Waals surface area contributed by atoms with E-state index in [1.54, 1.807) is 14.2 Å². The van der Waals surface area contributed by atoms with Crippen LogP contribution in [-0.4, -0.2) is 38.2 Å². The molecule has 0 radical (unpaired) electrons. The summed E-state index contributed by atoms with van der Waals surface area (Å²) in [5.74, 6) is 2.36. The van der Waals surface area contributed by atoms with Crippen LogP contribution in [0.5, 0.6) is 17.2 Å². The number of amides is 1. The predicted molar refractivity (Wildman–Crippen MR) is 109 cm³/mol. The van der Waals surface area contributed by atoms with E-state index in [0.717, 1.165) is 36.3 Å². The molecule has 5 nitrogen and oxygen atoms in total. The average molecular weight is 383 g/mol. The largest absolute Gasteiger partial charge is 0.493 e. The third-order valence-electron chi connectivity index (χ3n) is 5.27. The number of carbonyl (C=O) groups is 1. The van der Waals surface area contributed by atoms with Gasteiger partial charge in [0.2, 0.25) is 5.91 Å². The lowest BCUT2D eigenvalue weighted by Crippen LogP contribution is -2.31. The van der Waals surface area contributed by atoms with Gasteiger partial charge < -0.3 is 19.1 Å². The molecule has 5 heteroatoms. The third kappa shape index (κ3) is 4.41. The van der Waals surface area contributed by atoms with Crippen molar-refractivity contribution in [2.24, 2.45) is 0 Å². The van der Waals surface area contributed by atoms with Crippen molar-refractivity contribution in [2.45, 2.75) is 39.2 Å². The van der Waals surface area contributed by atoms with Crippen molar-refractivity contribution in [3.05, 3.63) is 53.1 Å². The van der Waals surface area contributed by atoms with Crippen molar-refractivity contribution >= 4 is 5.91 Å². The average Bonchev–Trinajstić information content (AvgIpc) is 3.19. The van der Waals surface area contributed by atoms with Gasteiger partial charge in [-0.1, -0.05) is 23.8 Å². The van der Waals surface area contributed by atoms with Crippen molar-refractivity contribution in [1.29, 1.82) is 0 Å². The van der Waals surface area contributed by atoms with Gasteiger partial charge in [0, 0.05) is 6.54 Å². The maximum absolute atomic E-state index is 12.8. The highest BCUT2D eigenvalue weighted by atomic mass is 16.5. The third-order valence-corrected chi connectivity index (χ3v) is 5.27. The van der Waals surface area contributed by atoms with Gasteiger partial charge in [-0.15, -0.1) is 0 Å². The molecule has 0 saturated carbocycles. The zero-order valence-corrected chi connectivity index (χ0v) is 17.2. The number of methoxy groups -OCH3 is 2. The lowest BCUT2D eigenvalue weighted by atomic mass is 10.0. The lowest BCUT2D eigenvalue weighted by molar-refractivity contribution is -0.132. The Labute approximate surface area is 167 Å². The van der Waals surface area contributed by atoms with Gasteiger partial charge >= 0.3 is 0 Å². The van der Waals surface area contributed by atoms with Gasteiger partial charge in [-0.05, 0) is 56.0 Å². The summed E-state index contributed by atoms with van der Waals surface area (Å²) >= 11 is 0. The molecule has 0 spiro atoms. The number of benzene rings is 2. The van der Waals surface area contributed by atoms with E-state index in [9.17, 15) is 4.79 Å². The Kier molecular flexibility index (Phi) is 6.45. The summed E-state index contributed by atoms with van der Waals surface area (Å²) in [6, 6.07) is 12.1. The number of hydrogen-bond acceptors (Lipinski definition) is 4. The first-order chi connectivity index (χ1) is 13.5. The molecule has 1 amide bonds. The molecular formula is C23H29NO4. The lowest BCUT2D eigenvalue weighted by Gasteiger charge is -2.26. The van der Waals surface area contributed by atoms with Crippen LogP contribution in [0.25, 0.3) is 0 Å². The van der Waals surface area contributed by atoms with E-state index in [4.69, 9.17) is 14.2 Å². The van der Waals surface area contributed by atoms with Crippen molar-refractivity contribution in [1.82, 2.24) is 4.90 Å². The fourth-order valence-electron chi connectivity index (χ4n) is 3.83. The van der Waals surface area contributed by atoms with Crippen LogP contribution in [0.15, 0.2) is 36.4 Å². The van der Waals surface area contributed by atoms with Crippen LogP contribution in [0.4, 0.5) is 0 Å². The SMILES string of the molecule is COc1ccc([C@@H]2CCCN2C(=O)CCOc2ccc(C)cc2C)cc1OC. The summed E-state index contributed by atoms with van der Waals surface area (Å²) in [4.78, 5) is 14.8. The van der Waals surface area contributed by atoms with Gasteiger partial charge in [0.25, 0.3) is 0 Å². The Bertz CT molecular complexity index is 833. The quantitative estimate of drug-likeness (QED) is 0.709. The van der Waals surface area contributed by atoms with Crippen LogP contribution in [0.2, 0.25) is 0 Å². The summed E-state index contributed by atoms with van der Waals surface area (Å²) in [7, 11) is 3.25. The Balaban J connectivity index is 1.63. The van der Waals surface area contributed by atoms with E-state index < -0.39 is 0 Å². The molecule has 1 atom stereocenters. The molecule has 1 fully saturated rings. The number of likely N-dealkylation sites (tertiary alicyclic amines) is 1. The summed E-state index contributed by atoms with van der Waals surface area (Å²) in [6.07, 6.45) is 2.33. The minimum absolute atomic E-state index is 0.0772. The van der Waals surface area contributed by atoms with Gasteiger partial charge in [0.15, 0.2) is 11.5 Å². The summed E-state index contributed by atoms with van der Waals surface area (Å²) in [5, 5.41) is 0. The van der Waals surface area contributed by atoms with Crippen molar-refractivity contribution < 1.29 is 19.0 Å². The maximum atomic E-state index is 12.8. The second kappa shape index (κ2) is 9.00. The first-order valence-electron chi connectivity index (χ1n) is 9.75. The van der Waals surface area contributed by atoms with E-state index in [-0.39, 0.29) is 11.9 Å². The van der Waals surface area contributed by atoms with E-state index in [2.05, 4.69) is 13.0 Å². The molecule has 3 rings (SSSR count). The van der Waals surface area contributed by atoms with Crippen molar-refractivity contribution in [2.75, 3.05) is 27.4 Å². The van der Waals surface area contributed by atoms with E-state index in [1.165, 1.54) is 5.56 Å². The van der Waals surface area contributed by atoms with Crippen LogP contribution in [-0.2, 0) is 4.79 Å². The maximum Gasteiger partial charge on any atom is 0.226 e. The molecule has 28 heavy (non-hydrogen) atoms. The van der Waals surface area contributed by atoms with Crippen LogP contribution in [0, 0.1) is 13.8 Å². The molecule has 1 saturated heterocycles. The highest BCUT2D eigenvalue weighted by Crippen LogP contribution is 2.37. The second-order valence-corrected chi connectivity index (χ2v) is 7.23. The smallest absolute Gasteiger partial charge is 0.226 e. The Morgan fingerprint density at radius 2 is 1.79 bits per heavy atom. The fraction of sp³-hybridized carbons (Fsp3) is 0.435. The summed E-state index contributed by atoms with van der Waals surface area (Å²) in [6.45, 7) is 5.25. The molecule has 1 aliphatic rings. The number of nitrogens with zero attached hydrogens (tertiary/aromatic N) is 1. The standard InChI is InChI=1S/C23H29NO4/c1-16-7-9-20(17(2)14-16)28-13-11-23(25)24-12-5-6-19(24)18-8-10-21(26-3)22(15-18)27-4/h7-10,14-15,19H,5-6,11-13H2,1-4H3/t19-/m0/s1. The van der Waals surface area contributed by atoms with Gasteiger partial charge in [-0.2, -0.15) is 0 Å². The molecule has 0 aromatic heterocycles. The molecular weight excluding hydrogens is 354 g/mol. The minimum Gasteiger partial charge on any atom is -0.493 e. The zero-order chi connectivity index (χ0) is 20.1. The van der Waals surface area contributed by atoms with Crippen molar-refractivity contribution in [3.63, 3.8) is 0 Å². The first-order valence-corrected chi connectivity index (χ1v) is 9.75. The topological polar surface area (TPSA) is 48.0 Å². The molecule has 0 bridgehead atoms. The number of ether oxygens (including phenoxy) is 3. The van der Waals surface area contributed by atoms with Crippen LogP contribution in [0.1, 0.15) is 42.0 Å². The fourth-order valence-corrected chi connectivity index (χ4v) is 3.83. The van der Waals surface area contributed by atoms with Gasteiger partial charge in [0.05, 0.1) is 33.3 Å². The zero-order valence-electron chi connectivity index (χ0n) is 17.2. The highest BCUT2D eigenvalue weighted by Gasteiger charge is 2.30. The molecule has 2 aromatic rings. The minimum atomic E-state index is 0.0772. The van der Waals surface area contributed by atoms with E-state index in [0.29, 0.717) is 24.5 Å². The predicted octanol–water partition coefficient (Wildman–Crippen LogP) is 4.45. The monoisotopic (exact) mass is 383 g/mol. The molecule has 150 valence electrons. The normalized spacial score (nSPS) is 16.1. The van der Waals surface area contributed by atoms with Crippen LogP contribution >= 0.6 is 0 Å². The molecule has 0 N–H and O–H groups in total. The number of hydrogen-bond donors (Lipinski definition) is 0. The van der Waals surface area contributed by atoms with Gasteiger partial charge in [0.1, 0.15) is 5.75 Å². The first kappa shape index (κ1) is 20.1. The van der Waals surface area contributed by atoms with Gasteiger partial charge in [-0.25, -0.2) is 0 Å². The summed E-state index contributed by atoms with van der Waals surface area (Å²) < 4.78 is 16.6. The Morgan fingerprint density at radius 3 is 2.50 bits per heavy atom. The van der Waals surface area contributed by atoms with Gasteiger partial charge in [-0.3, -0.25) is 4.79 Å². The number of rotatable bonds is 7. The molecule has 0 aliphatic carbocycles. The molecule has 2 aromatic carbocycles. The Morgan fingerprint density at radius 1 is 1.04 bits per heavy atom. The second-order valence-electron chi connectivity index (χ2n) is 7.23. The molecule has 1 aliphatic heterocycles. The number of aryl methyl sites for hydroxylation is 2. The molecule has 0 unspecified atom stereocenters. The van der Waals surface area contributed by atoms with E-state index >= 15 is 0 Å². The van der Waals surface area contributed by atoms with Crippen LogP contribution in [0.3, 0.4) is 0 Å². The summed E-state index contributed by atoms with van der Waals surface area (Å²) in [5.41, 5.74) is 3.38. The highest BCUT2D eigenvalue weighted by molar-refractivity contribution is 5.77. The van der Waals surface area contributed by atoms with Crippen molar-refractivity contribution in [3.8, 4) is 17.2 Å².